The summed E-state index contributed by atoms with van der Waals surface area (Å²) in [5.41, 5.74) is 2.19. The van der Waals surface area contributed by atoms with Gasteiger partial charge < -0.3 is 10.1 Å². The number of aromatic hydroxyl groups is 1. The van der Waals surface area contributed by atoms with Crippen LogP contribution in [-0.2, 0) is 6.42 Å². The predicted octanol–water partition coefficient (Wildman–Crippen LogP) is 2.25. The highest BCUT2D eigenvalue weighted by Crippen LogP contribution is 2.22. The van der Waals surface area contributed by atoms with Gasteiger partial charge >= 0.3 is 0 Å². The van der Waals surface area contributed by atoms with E-state index in [2.05, 4.69) is 11.9 Å². The summed E-state index contributed by atoms with van der Waals surface area (Å²) in [7, 11) is 0. The van der Waals surface area contributed by atoms with Crippen LogP contribution in [0.25, 0.3) is 10.9 Å². The van der Waals surface area contributed by atoms with Gasteiger partial charge in [-0.2, -0.15) is 0 Å². The summed E-state index contributed by atoms with van der Waals surface area (Å²) in [5, 5.41) is 10.3. The fourth-order valence-corrected chi connectivity index (χ4v) is 1.37. The molecule has 0 saturated carbocycles. The topological polar surface area (TPSA) is 36.0 Å². The molecule has 0 aliphatic rings. The molecule has 1 aromatic carbocycles. The van der Waals surface area contributed by atoms with Crippen LogP contribution in [0.5, 0.6) is 5.75 Å². The van der Waals surface area contributed by atoms with Crippen LogP contribution in [0.15, 0.2) is 24.4 Å². The lowest BCUT2D eigenvalue weighted by Crippen LogP contribution is -1.74. The number of H-pyrrole nitrogens is 1. The Labute approximate surface area is 70.8 Å². The number of benzene rings is 1. The van der Waals surface area contributed by atoms with E-state index in [1.54, 1.807) is 12.1 Å². The van der Waals surface area contributed by atoms with Crippen LogP contribution in [0.3, 0.4) is 0 Å². The third-order valence-corrected chi connectivity index (χ3v) is 2.02. The number of nitrogens with one attached hydrogen (secondary N) is 1. The predicted molar refractivity (Wildman–Crippen MR) is 49.0 cm³/mol. The van der Waals surface area contributed by atoms with Gasteiger partial charge in [0.25, 0.3) is 0 Å². The first kappa shape index (κ1) is 7.22. The molecule has 2 aromatic rings. The van der Waals surface area contributed by atoms with Gasteiger partial charge in [-0.15, -0.1) is 0 Å². The Balaban J connectivity index is 2.75. The lowest BCUT2D eigenvalue weighted by molar-refractivity contribution is 0.476. The Kier molecular flexibility index (Phi) is 1.54. The number of rotatable bonds is 1. The molecule has 2 heteroatoms. The molecule has 0 aliphatic carbocycles. The van der Waals surface area contributed by atoms with E-state index in [-0.39, 0.29) is 0 Å². The maximum atomic E-state index is 9.23. The Morgan fingerprint density at radius 1 is 1.42 bits per heavy atom. The van der Waals surface area contributed by atoms with Gasteiger partial charge in [0.1, 0.15) is 5.75 Å². The highest BCUT2D eigenvalue weighted by molar-refractivity contribution is 5.84. The zero-order chi connectivity index (χ0) is 8.55. The SMILES string of the molecule is [CH2]Cc1c[nH]c2ccc(O)cc12. The lowest BCUT2D eigenvalue weighted by Gasteiger charge is -1.94. The van der Waals surface area contributed by atoms with Crippen molar-refractivity contribution >= 4 is 10.9 Å². The summed E-state index contributed by atoms with van der Waals surface area (Å²) in [6.45, 7) is 3.81. The average molecular weight is 160 g/mol. The number of hydrogen-bond acceptors (Lipinski definition) is 1. The maximum Gasteiger partial charge on any atom is 0.116 e. The quantitative estimate of drug-likeness (QED) is 0.659. The van der Waals surface area contributed by atoms with Crippen LogP contribution in [0.1, 0.15) is 5.56 Å². The van der Waals surface area contributed by atoms with Gasteiger partial charge in [-0.1, -0.05) is 0 Å². The lowest BCUT2D eigenvalue weighted by atomic mass is 10.1. The summed E-state index contributed by atoms with van der Waals surface area (Å²) in [5.74, 6) is 0.303. The molecule has 1 heterocycles. The summed E-state index contributed by atoms with van der Waals surface area (Å²) in [6.07, 6.45) is 2.67. The van der Waals surface area contributed by atoms with E-state index in [4.69, 9.17) is 0 Å². The van der Waals surface area contributed by atoms with E-state index in [0.29, 0.717) is 5.75 Å². The van der Waals surface area contributed by atoms with Crippen LogP contribution in [0.4, 0.5) is 0 Å². The van der Waals surface area contributed by atoms with Gasteiger partial charge in [-0.05, 0) is 37.1 Å². The van der Waals surface area contributed by atoms with Crippen molar-refractivity contribution in [2.75, 3.05) is 0 Å². The van der Waals surface area contributed by atoms with E-state index in [1.165, 1.54) is 0 Å². The van der Waals surface area contributed by atoms with Crippen molar-refractivity contribution in [1.29, 1.82) is 0 Å². The number of phenols is 1. The van der Waals surface area contributed by atoms with Crippen molar-refractivity contribution in [3.8, 4) is 5.75 Å². The Morgan fingerprint density at radius 2 is 2.25 bits per heavy atom. The molecule has 0 saturated heterocycles. The summed E-state index contributed by atoms with van der Waals surface area (Å²) >= 11 is 0. The average Bonchev–Trinajstić information content (AvgIpc) is 2.46. The molecule has 2 N–H and O–H groups in total. The molecule has 0 aliphatic heterocycles. The van der Waals surface area contributed by atoms with Gasteiger partial charge in [0.05, 0.1) is 0 Å². The standard InChI is InChI=1S/C10H10NO/c1-2-7-6-11-10-4-3-8(12)5-9(7)10/h3-6,11-12H,1-2H2. The number of phenolic OH excluding ortho intramolecular Hbond substituents is 1. The monoisotopic (exact) mass is 160 g/mol. The van der Waals surface area contributed by atoms with Gasteiger partial charge in [0.15, 0.2) is 0 Å². The second kappa shape index (κ2) is 2.55. The van der Waals surface area contributed by atoms with Crippen molar-refractivity contribution in [1.82, 2.24) is 4.98 Å². The molecule has 0 unspecified atom stereocenters. The zero-order valence-electron chi connectivity index (χ0n) is 6.67. The van der Waals surface area contributed by atoms with E-state index in [0.717, 1.165) is 22.9 Å². The molecular formula is C10H10NO. The van der Waals surface area contributed by atoms with Crippen molar-refractivity contribution in [3.63, 3.8) is 0 Å². The fraction of sp³-hybridized carbons (Fsp3) is 0.100. The summed E-state index contributed by atoms with van der Waals surface area (Å²) in [4.78, 5) is 3.12. The van der Waals surface area contributed by atoms with Crippen molar-refractivity contribution in [3.05, 3.63) is 36.9 Å². The van der Waals surface area contributed by atoms with E-state index >= 15 is 0 Å². The summed E-state index contributed by atoms with van der Waals surface area (Å²) in [6, 6.07) is 5.29. The third kappa shape index (κ3) is 0.961. The molecule has 1 aromatic heterocycles. The molecule has 61 valence electrons. The largest absolute Gasteiger partial charge is 0.508 e. The van der Waals surface area contributed by atoms with Gasteiger partial charge in [-0.25, -0.2) is 0 Å². The molecule has 0 atom stereocenters. The number of aromatic amines is 1. The first-order valence-electron chi connectivity index (χ1n) is 3.89. The third-order valence-electron chi connectivity index (χ3n) is 2.02. The zero-order valence-corrected chi connectivity index (χ0v) is 6.67. The molecule has 0 fully saturated rings. The van der Waals surface area contributed by atoms with Crippen LogP contribution in [0.2, 0.25) is 0 Å². The van der Waals surface area contributed by atoms with Crippen LogP contribution < -0.4 is 0 Å². The smallest absolute Gasteiger partial charge is 0.116 e. The van der Waals surface area contributed by atoms with Crippen molar-refractivity contribution in [2.45, 2.75) is 6.42 Å². The summed E-state index contributed by atoms with van der Waals surface area (Å²) < 4.78 is 0. The first-order chi connectivity index (χ1) is 5.81. The highest BCUT2D eigenvalue weighted by Gasteiger charge is 2.01. The Hall–Kier alpha value is -1.44. The van der Waals surface area contributed by atoms with E-state index < -0.39 is 0 Å². The second-order valence-corrected chi connectivity index (χ2v) is 2.79. The maximum absolute atomic E-state index is 9.23. The van der Waals surface area contributed by atoms with Gasteiger partial charge in [-0.3, -0.25) is 0 Å². The minimum Gasteiger partial charge on any atom is -0.508 e. The molecule has 0 bridgehead atoms. The molecule has 0 spiro atoms. The number of fused-ring (bicyclic) bond motifs is 1. The molecule has 12 heavy (non-hydrogen) atoms. The Morgan fingerprint density at radius 3 is 3.00 bits per heavy atom. The molecule has 1 radical (unpaired) electrons. The number of hydrogen-bond donors (Lipinski definition) is 2. The van der Waals surface area contributed by atoms with Crippen molar-refractivity contribution < 1.29 is 5.11 Å². The minimum absolute atomic E-state index is 0.303. The van der Waals surface area contributed by atoms with E-state index in [1.807, 2.05) is 12.3 Å². The minimum atomic E-state index is 0.303. The van der Waals surface area contributed by atoms with Crippen LogP contribution in [-0.4, -0.2) is 10.1 Å². The Bertz CT molecular complexity index is 403. The molecule has 0 amide bonds. The molecule has 2 rings (SSSR count). The van der Waals surface area contributed by atoms with Crippen LogP contribution >= 0.6 is 0 Å². The highest BCUT2D eigenvalue weighted by atomic mass is 16.3. The van der Waals surface area contributed by atoms with Crippen LogP contribution in [0, 0.1) is 6.92 Å². The normalized spacial score (nSPS) is 10.8. The van der Waals surface area contributed by atoms with Gasteiger partial charge in [0, 0.05) is 17.1 Å². The molecule has 2 nitrogen and oxygen atoms in total. The van der Waals surface area contributed by atoms with E-state index in [9.17, 15) is 5.11 Å². The number of aromatic nitrogens is 1. The fourth-order valence-electron chi connectivity index (χ4n) is 1.37. The van der Waals surface area contributed by atoms with Gasteiger partial charge in [0.2, 0.25) is 0 Å². The van der Waals surface area contributed by atoms with Crippen molar-refractivity contribution in [2.24, 2.45) is 0 Å². The molecular weight excluding hydrogens is 150 g/mol. The first-order valence-corrected chi connectivity index (χ1v) is 3.89. The second-order valence-electron chi connectivity index (χ2n) is 2.79.